The fourth-order valence-corrected chi connectivity index (χ4v) is 3.18. The number of amides is 3. The monoisotopic (exact) mass is 423 g/mol. The molecule has 1 unspecified atom stereocenters. The van der Waals surface area contributed by atoms with Crippen molar-refractivity contribution in [2.45, 2.75) is 19.0 Å². The van der Waals surface area contributed by atoms with Gasteiger partial charge in [0.2, 0.25) is 11.8 Å². The first-order valence-electron chi connectivity index (χ1n) is 9.53. The summed E-state index contributed by atoms with van der Waals surface area (Å²) in [4.78, 5) is 42.3. The van der Waals surface area contributed by atoms with Crippen LogP contribution in [0.3, 0.4) is 0 Å². The molecule has 31 heavy (non-hydrogen) atoms. The first-order chi connectivity index (χ1) is 14.8. The lowest BCUT2D eigenvalue weighted by Gasteiger charge is -2.26. The number of primary amides is 1. The van der Waals surface area contributed by atoms with Gasteiger partial charge in [0.05, 0.1) is 6.33 Å². The van der Waals surface area contributed by atoms with Crippen LogP contribution in [0.5, 0.6) is 0 Å². The van der Waals surface area contributed by atoms with Crippen LogP contribution in [0.2, 0.25) is 0 Å². The molecular formula is C22H22FN5O3. The minimum absolute atomic E-state index is 0.221. The number of nitrogens with two attached hydrogens (primary N) is 1. The molecule has 0 saturated heterocycles. The molecule has 0 spiro atoms. The summed E-state index contributed by atoms with van der Waals surface area (Å²) in [5, 5.41) is 2.75. The van der Waals surface area contributed by atoms with E-state index in [4.69, 9.17) is 5.73 Å². The summed E-state index contributed by atoms with van der Waals surface area (Å²) in [6, 6.07) is 10.6. The number of rotatable bonds is 8. The van der Waals surface area contributed by atoms with Crippen molar-refractivity contribution in [1.29, 1.82) is 0 Å². The Bertz CT molecular complexity index is 1080. The summed E-state index contributed by atoms with van der Waals surface area (Å²) in [6.45, 7) is 0.473. The van der Waals surface area contributed by atoms with Crippen LogP contribution in [0.15, 0.2) is 67.3 Å². The molecule has 0 bridgehead atoms. The lowest BCUT2D eigenvalue weighted by molar-refractivity contribution is -0.122. The highest BCUT2D eigenvalue weighted by Gasteiger charge is 2.28. The van der Waals surface area contributed by atoms with Gasteiger partial charge in [-0.3, -0.25) is 14.4 Å². The van der Waals surface area contributed by atoms with Gasteiger partial charge < -0.3 is 20.5 Å². The number of nitrogens with zero attached hydrogens (tertiary/aromatic N) is 3. The largest absolute Gasteiger partial charge is 0.368 e. The summed E-state index contributed by atoms with van der Waals surface area (Å²) in [7, 11) is 1.42. The van der Waals surface area contributed by atoms with Crippen LogP contribution in [0.4, 0.5) is 10.1 Å². The fourth-order valence-electron chi connectivity index (χ4n) is 3.18. The van der Waals surface area contributed by atoms with Crippen molar-refractivity contribution in [3.63, 3.8) is 0 Å². The van der Waals surface area contributed by atoms with Crippen LogP contribution in [-0.4, -0.2) is 39.2 Å². The predicted octanol–water partition coefficient (Wildman–Crippen LogP) is 2.35. The minimum Gasteiger partial charge on any atom is -0.368 e. The molecule has 3 N–H and O–H groups in total. The van der Waals surface area contributed by atoms with Crippen molar-refractivity contribution >= 4 is 23.4 Å². The molecule has 1 aromatic heterocycles. The van der Waals surface area contributed by atoms with Gasteiger partial charge >= 0.3 is 0 Å². The lowest BCUT2D eigenvalue weighted by atomic mass is 10.0. The van der Waals surface area contributed by atoms with E-state index >= 15 is 0 Å². The van der Waals surface area contributed by atoms with Crippen molar-refractivity contribution in [3.8, 4) is 0 Å². The zero-order valence-corrected chi connectivity index (χ0v) is 16.9. The number of carbonyl (C=O) groups excluding carboxylic acids is 3. The maximum absolute atomic E-state index is 13.6. The van der Waals surface area contributed by atoms with Gasteiger partial charge in [0.1, 0.15) is 11.9 Å². The van der Waals surface area contributed by atoms with Gasteiger partial charge in [-0.2, -0.15) is 0 Å². The smallest absolute Gasteiger partial charge is 0.254 e. The van der Waals surface area contributed by atoms with Gasteiger partial charge in [-0.05, 0) is 35.9 Å². The third-order valence-electron chi connectivity index (χ3n) is 4.69. The molecule has 3 amide bonds. The van der Waals surface area contributed by atoms with E-state index in [0.29, 0.717) is 12.2 Å². The molecule has 0 aliphatic carbocycles. The number of hydrogen-bond acceptors (Lipinski definition) is 4. The van der Waals surface area contributed by atoms with Gasteiger partial charge in [-0.1, -0.05) is 18.2 Å². The van der Waals surface area contributed by atoms with Crippen molar-refractivity contribution in [2.24, 2.45) is 5.73 Å². The Kier molecular flexibility index (Phi) is 6.76. The van der Waals surface area contributed by atoms with Crippen LogP contribution in [0, 0.1) is 5.82 Å². The molecule has 0 saturated carbocycles. The lowest BCUT2D eigenvalue weighted by Crippen LogP contribution is -2.39. The molecule has 160 valence electrons. The van der Waals surface area contributed by atoms with Crippen molar-refractivity contribution in [3.05, 3.63) is 84.2 Å². The van der Waals surface area contributed by atoms with E-state index in [1.165, 1.54) is 31.3 Å². The van der Waals surface area contributed by atoms with E-state index in [-0.39, 0.29) is 23.5 Å². The second kappa shape index (κ2) is 9.66. The number of likely N-dealkylation sites (N-methyl/N-ethyl adjacent to an activating group) is 1. The summed E-state index contributed by atoms with van der Waals surface area (Å²) in [5.74, 6) is -2.04. The summed E-state index contributed by atoms with van der Waals surface area (Å²) in [6.07, 6.45) is 5.25. The number of nitrogens with one attached hydrogen (secondary N) is 1. The predicted molar refractivity (Wildman–Crippen MR) is 112 cm³/mol. The Hall–Kier alpha value is -4.01. The summed E-state index contributed by atoms with van der Waals surface area (Å²) in [5.41, 5.74) is 6.45. The van der Waals surface area contributed by atoms with E-state index in [0.717, 1.165) is 11.0 Å². The molecule has 1 heterocycles. The van der Waals surface area contributed by atoms with Crippen LogP contribution >= 0.6 is 0 Å². The average Bonchev–Trinajstić information content (AvgIpc) is 3.25. The highest BCUT2D eigenvalue weighted by Crippen LogP contribution is 2.23. The first kappa shape index (κ1) is 21.7. The zero-order chi connectivity index (χ0) is 22.4. The minimum atomic E-state index is -1.14. The number of hydrogen-bond donors (Lipinski definition) is 2. The van der Waals surface area contributed by atoms with Gasteiger partial charge in [0.15, 0.2) is 0 Å². The number of anilines is 1. The Morgan fingerprint density at radius 1 is 1.19 bits per heavy atom. The number of benzene rings is 2. The molecule has 2 aromatic carbocycles. The van der Waals surface area contributed by atoms with Crippen LogP contribution in [0.1, 0.15) is 28.4 Å². The summed E-state index contributed by atoms with van der Waals surface area (Å²) >= 11 is 0. The molecule has 9 heteroatoms. The zero-order valence-electron chi connectivity index (χ0n) is 16.9. The second-order valence-electron chi connectivity index (χ2n) is 6.96. The SMILES string of the molecule is CN(C(=O)c1cccc(NC(=O)CCn2ccnc2)c1)C(C(N)=O)c1cccc(F)c1. The number of imidazole rings is 1. The molecule has 8 nitrogen and oxygen atoms in total. The van der Waals surface area contributed by atoms with Gasteiger partial charge in [0.25, 0.3) is 5.91 Å². The van der Waals surface area contributed by atoms with Crippen LogP contribution < -0.4 is 11.1 Å². The number of aromatic nitrogens is 2. The number of aryl methyl sites for hydroxylation is 1. The normalized spacial score (nSPS) is 11.5. The second-order valence-corrected chi connectivity index (χ2v) is 6.96. The van der Waals surface area contributed by atoms with Gasteiger partial charge in [-0.25, -0.2) is 9.37 Å². The molecule has 3 aromatic rings. The highest BCUT2D eigenvalue weighted by atomic mass is 19.1. The Morgan fingerprint density at radius 3 is 2.65 bits per heavy atom. The number of halogens is 1. The van der Waals surface area contributed by atoms with Crippen LogP contribution in [0.25, 0.3) is 0 Å². The van der Waals surface area contributed by atoms with Crippen molar-refractivity contribution in [1.82, 2.24) is 14.5 Å². The fraction of sp³-hybridized carbons (Fsp3) is 0.182. The van der Waals surface area contributed by atoms with E-state index in [9.17, 15) is 18.8 Å². The Labute approximate surface area is 178 Å². The first-order valence-corrected chi connectivity index (χ1v) is 9.53. The molecule has 3 rings (SSSR count). The molecule has 0 aliphatic heterocycles. The molecule has 1 atom stereocenters. The quantitative estimate of drug-likeness (QED) is 0.579. The number of carbonyl (C=O) groups is 3. The molecule has 0 fully saturated rings. The van der Waals surface area contributed by atoms with E-state index in [1.807, 2.05) is 0 Å². The average molecular weight is 423 g/mol. The van der Waals surface area contributed by atoms with Crippen molar-refractivity contribution in [2.75, 3.05) is 12.4 Å². The van der Waals surface area contributed by atoms with Gasteiger partial charge in [0, 0.05) is 43.7 Å². The van der Waals surface area contributed by atoms with Crippen LogP contribution in [-0.2, 0) is 16.1 Å². The molecule has 0 radical (unpaired) electrons. The summed E-state index contributed by atoms with van der Waals surface area (Å²) < 4.78 is 15.4. The Balaban J connectivity index is 1.72. The molecule has 0 aliphatic rings. The third-order valence-corrected chi connectivity index (χ3v) is 4.69. The highest BCUT2D eigenvalue weighted by molar-refractivity contribution is 5.99. The standard InChI is InChI=1S/C22H22FN5O3/c1-27(20(21(24)30)15-4-2-6-17(23)12-15)22(31)16-5-3-7-18(13-16)26-19(29)8-10-28-11-9-25-14-28/h2-7,9,11-14,20H,8,10H2,1H3,(H2,24,30)(H,26,29). The van der Waals surface area contributed by atoms with E-state index in [1.54, 1.807) is 41.5 Å². The Morgan fingerprint density at radius 2 is 1.97 bits per heavy atom. The third kappa shape index (κ3) is 5.53. The van der Waals surface area contributed by atoms with Crippen molar-refractivity contribution < 1.29 is 18.8 Å². The van der Waals surface area contributed by atoms with E-state index in [2.05, 4.69) is 10.3 Å². The maximum atomic E-state index is 13.6. The van der Waals surface area contributed by atoms with Gasteiger partial charge in [-0.15, -0.1) is 0 Å². The topological polar surface area (TPSA) is 110 Å². The maximum Gasteiger partial charge on any atom is 0.254 e. The van der Waals surface area contributed by atoms with E-state index < -0.39 is 23.7 Å². The molecular weight excluding hydrogens is 401 g/mol.